The fraction of sp³-hybridized carbons (Fsp3) is 0.318. The Kier molecular flexibility index (Phi) is 5.46. The summed E-state index contributed by atoms with van der Waals surface area (Å²) in [5.41, 5.74) is 2.29. The number of hydrogen-bond acceptors (Lipinski definition) is 5. The van der Waals surface area contributed by atoms with Crippen LogP contribution in [0.15, 0.2) is 48.8 Å². The fourth-order valence-corrected chi connectivity index (χ4v) is 3.21. The Labute approximate surface area is 168 Å². The molecule has 4 rings (SSSR count). The molecular formula is C22H23N3O4. The SMILES string of the molecule is COC(=O)C(Cc1c[nH]c2ccccc12)NC(=O)c1ccnc(OCC2CC2)c1. The maximum absolute atomic E-state index is 12.8. The first-order valence-electron chi connectivity index (χ1n) is 9.66. The molecule has 2 heterocycles. The van der Waals surface area contributed by atoms with Crippen LogP contribution in [0.3, 0.4) is 0 Å². The van der Waals surface area contributed by atoms with E-state index < -0.39 is 12.0 Å². The van der Waals surface area contributed by atoms with Crippen LogP contribution in [0.4, 0.5) is 0 Å². The van der Waals surface area contributed by atoms with E-state index in [-0.39, 0.29) is 5.91 Å². The lowest BCUT2D eigenvalue weighted by molar-refractivity contribution is -0.142. The van der Waals surface area contributed by atoms with Gasteiger partial charge in [0.1, 0.15) is 6.04 Å². The summed E-state index contributed by atoms with van der Waals surface area (Å²) in [6.45, 7) is 0.615. The summed E-state index contributed by atoms with van der Waals surface area (Å²) < 4.78 is 10.5. The number of hydrogen-bond donors (Lipinski definition) is 2. The number of carbonyl (C=O) groups excluding carboxylic acids is 2. The average Bonchev–Trinajstić information content (AvgIpc) is 3.51. The summed E-state index contributed by atoms with van der Waals surface area (Å²) in [7, 11) is 1.31. The van der Waals surface area contributed by atoms with Crippen molar-refractivity contribution in [3.05, 3.63) is 59.9 Å². The highest BCUT2D eigenvalue weighted by atomic mass is 16.5. The second-order valence-electron chi connectivity index (χ2n) is 7.25. The summed E-state index contributed by atoms with van der Waals surface area (Å²) in [6.07, 6.45) is 6.05. The average molecular weight is 393 g/mol. The van der Waals surface area contributed by atoms with E-state index in [1.165, 1.54) is 26.1 Å². The van der Waals surface area contributed by atoms with E-state index in [9.17, 15) is 9.59 Å². The van der Waals surface area contributed by atoms with Gasteiger partial charge < -0.3 is 19.8 Å². The van der Waals surface area contributed by atoms with Crippen LogP contribution in [-0.4, -0.2) is 41.6 Å². The zero-order valence-corrected chi connectivity index (χ0v) is 16.2. The zero-order valence-electron chi connectivity index (χ0n) is 16.2. The minimum absolute atomic E-state index is 0.318. The minimum atomic E-state index is -0.810. The molecule has 1 atom stereocenters. The van der Waals surface area contributed by atoms with E-state index in [0.29, 0.717) is 30.4 Å². The van der Waals surface area contributed by atoms with E-state index in [1.807, 2.05) is 30.5 Å². The van der Waals surface area contributed by atoms with Gasteiger partial charge in [-0.1, -0.05) is 18.2 Å². The Bertz CT molecular complexity index is 1030. The van der Waals surface area contributed by atoms with Gasteiger partial charge in [-0.05, 0) is 36.5 Å². The Hall–Kier alpha value is -3.35. The van der Waals surface area contributed by atoms with Crippen molar-refractivity contribution in [2.75, 3.05) is 13.7 Å². The third-order valence-electron chi connectivity index (χ3n) is 5.05. The lowest BCUT2D eigenvalue weighted by atomic mass is 10.0. The van der Waals surface area contributed by atoms with Crippen molar-refractivity contribution in [2.24, 2.45) is 5.92 Å². The summed E-state index contributed by atoms with van der Waals surface area (Å²) in [4.78, 5) is 32.4. The lowest BCUT2D eigenvalue weighted by Crippen LogP contribution is -2.43. The number of carbonyl (C=O) groups is 2. The number of amides is 1. The van der Waals surface area contributed by atoms with Crippen molar-refractivity contribution in [1.82, 2.24) is 15.3 Å². The second kappa shape index (κ2) is 8.34. The molecule has 0 radical (unpaired) electrons. The normalized spacial score (nSPS) is 14.4. The molecule has 1 amide bonds. The van der Waals surface area contributed by atoms with Crippen LogP contribution in [0.1, 0.15) is 28.8 Å². The molecule has 2 N–H and O–H groups in total. The molecule has 1 aromatic carbocycles. The topological polar surface area (TPSA) is 93.3 Å². The van der Waals surface area contributed by atoms with Crippen molar-refractivity contribution in [2.45, 2.75) is 25.3 Å². The third-order valence-corrected chi connectivity index (χ3v) is 5.05. The molecule has 0 saturated heterocycles. The van der Waals surface area contributed by atoms with Crippen LogP contribution in [0, 0.1) is 5.92 Å². The van der Waals surface area contributed by atoms with Gasteiger partial charge in [-0.3, -0.25) is 4.79 Å². The molecule has 1 aliphatic carbocycles. The van der Waals surface area contributed by atoms with Crippen molar-refractivity contribution in [3.8, 4) is 5.88 Å². The number of pyridine rings is 1. The van der Waals surface area contributed by atoms with Crippen LogP contribution in [-0.2, 0) is 16.0 Å². The number of methoxy groups -OCH3 is 1. The van der Waals surface area contributed by atoms with Crippen LogP contribution in [0.2, 0.25) is 0 Å². The lowest BCUT2D eigenvalue weighted by Gasteiger charge is -2.16. The predicted molar refractivity (Wildman–Crippen MR) is 108 cm³/mol. The molecule has 0 aliphatic heterocycles. The standard InChI is InChI=1S/C22H23N3O4/c1-28-22(27)19(10-16-12-24-18-5-3-2-4-17(16)18)25-21(26)15-8-9-23-20(11-15)29-13-14-6-7-14/h2-5,8-9,11-12,14,19,24H,6-7,10,13H2,1H3,(H,25,26). The molecule has 150 valence electrons. The highest BCUT2D eigenvalue weighted by Gasteiger charge is 2.25. The number of para-hydroxylation sites is 1. The maximum atomic E-state index is 12.8. The highest BCUT2D eigenvalue weighted by Crippen LogP contribution is 2.29. The summed E-state index contributed by atoms with van der Waals surface area (Å²) >= 11 is 0. The number of aromatic amines is 1. The molecule has 0 bridgehead atoms. The van der Waals surface area contributed by atoms with E-state index in [4.69, 9.17) is 9.47 Å². The second-order valence-corrected chi connectivity index (χ2v) is 7.25. The van der Waals surface area contributed by atoms with Gasteiger partial charge in [0.15, 0.2) is 0 Å². The number of H-pyrrole nitrogens is 1. The first-order valence-corrected chi connectivity index (χ1v) is 9.66. The number of aromatic nitrogens is 2. The molecule has 1 saturated carbocycles. The van der Waals surface area contributed by atoms with Gasteiger partial charge in [-0.2, -0.15) is 0 Å². The summed E-state index contributed by atoms with van der Waals surface area (Å²) in [5, 5.41) is 3.79. The van der Waals surface area contributed by atoms with E-state index in [1.54, 1.807) is 12.1 Å². The van der Waals surface area contributed by atoms with Crippen LogP contribution >= 0.6 is 0 Å². The van der Waals surface area contributed by atoms with Crippen molar-refractivity contribution in [1.29, 1.82) is 0 Å². The zero-order chi connectivity index (χ0) is 20.2. The van der Waals surface area contributed by atoms with E-state index >= 15 is 0 Å². The largest absolute Gasteiger partial charge is 0.477 e. The fourth-order valence-electron chi connectivity index (χ4n) is 3.21. The number of rotatable bonds is 8. The molecular weight excluding hydrogens is 370 g/mol. The highest BCUT2D eigenvalue weighted by molar-refractivity contribution is 5.97. The molecule has 29 heavy (non-hydrogen) atoms. The van der Waals surface area contributed by atoms with Crippen LogP contribution in [0.5, 0.6) is 5.88 Å². The van der Waals surface area contributed by atoms with Gasteiger partial charge in [-0.25, -0.2) is 9.78 Å². The van der Waals surface area contributed by atoms with Crippen molar-refractivity contribution >= 4 is 22.8 Å². The number of benzene rings is 1. The number of ether oxygens (including phenoxy) is 2. The van der Waals surface area contributed by atoms with E-state index in [2.05, 4.69) is 15.3 Å². The Balaban J connectivity index is 1.48. The third kappa shape index (κ3) is 4.56. The molecule has 2 aromatic heterocycles. The van der Waals surface area contributed by atoms with E-state index in [0.717, 1.165) is 16.5 Å². The number of nitrogens with one attached hydrogen (secondary N) is 2. The molecule has 1 unspecified atom stereocenters. The number of fused-ring (bicyclic) bond motifs is 1. The van der Waals surface area contributed by atoms with Gasteiger partial charge in [0.25, 0.3) is 5.91 Å². The van der Waals surface area contributed by atoms with Gasteiger partial charge >= 0.3 is 5.97 Å². The summed E-state index contributed by atoms with van der Waals surface area (Å²) in [5.74, 6) is 0.131. The molecule has 1 aliphatic rings. The quantitative estimate of drug-likeness (QED) is 0.574. The minimum Gasteiger partial charge on any atom is -0.477 e. The Morgan fingerprint density at radius 3 is 2.90 bits per heavy atom. The van der Waals surface area contributed by atoms with Crippen LogP contribution in [0.25, 0.3) is 10.9 Å². The van der Waals surface area contributed by atoms with Crippen molar-refractivity contribution in [3.63, 3.8) is 0 Å². The number of nitrogens with zero attached hydrogens (tertiary/aromatic N) is 1. The molecule has 7 nitrogen and oxygen atoms in total. The first kappa shape index (κ1) is 19.0. The maximum Gasteiger partial charge on any atom is 0.328 e. The Morgan fingerprint density at radius 1 is 1.28 bits per heavy atom. The Morgan fingerprint density at radius 2 is 2.10 bits per heavy atom. The summed E-state index contributed by atoms with van der Waals surface area (Å²) in [6, 6.07) is 10.2. The first-order chi connectivity index (χ1) is 14.1. The van der Waals surface area contributed by atoms with Gasteiger partial charge in [-0.15, -0.1) is 0 Å². The molecule has 7 heteroatoms. The number of esters is 1. The molecule has 3 aromatic rings. The van der Waals surface area contributed by atoms with Gasteiger partial charge in [0.05, 0.1) is 13.7 Å². The van der Waals surface area contributed by atoms with Gasteiger partial charge in [0, 0.05) is 41.3 Å². The molecule has 1 fully saturated rings. The smallest absolute Gasteiger partial charge is 0.328 e. The van der Waals surface area contributed by atoms with Crippen LogP contribution < -0.4 is 10.1 Å². The molecule has 0 spiro atoms. The van der Waals surface area contributed by atoms with Gasteiger partial charge in [0.2, 0.25) is 5.88 Å². The monoisotopic (exact) mass is 393 g/mol. The van der Waals surface area contributed by atoms with Crippen molar-refractivity contribution < 1.29 is 19.1 Å². The predicted octanol–water partition coefficient (Wildman–Crippen LogP) is 2.87.